The third kappa shape index (κ3) is 2.11. The van der Waals surface area contributed by atoms with E-state index in [1.54, 1.807) is 10.7 Å². The number of nitrogens with zero attached hydrogens (tertiary/aromatic N) is 2. The van der Waals surface area contributed by atoms with Crippen molar-refractivity contribution in [1.29, 1.82) is 0 Å². The van der Waals surface area contributed by atoms with Crippen molar-refractivity contribution in [3.8, 4) is 0 Å². The molecule has 0 aliphatic carbocycles. The van der Waals surface area contributed by atoms with E-state index in [0.29, 0.717) is 12.0 Å². The minimum atomic E-state index is -0.397. The zero-order valence-corrected chi connectivity index (χ0v) is 9.05. The van der Waals surface area contributed by atoms with E-state index in [-0.39, 0.29) is 0 Å². The van der Waals surface area contributed by atoms with Crippen LogP contribution in [0.15, 0.2) is 36.5 Å². The number of hydrogen-bond acceptors (Lipinski definition) is 2. The van der Waals surface area contributed by atoms with Gasteiger partial charge in [0.1, 0.15) is 0 Å². The number of hydrogen-bond donors (Lipinski definition) is 1. The maximum atomic E-state index is 11.2. The Kier molecular flexibility index (Phi) is 2.72. The van der Waals surface area contributed by atoms with Crippen LogP contribution in [0.5, 0.6) is 0 Å². The Bertz CT molecular complexity index is 516. The lowest BCUT2D eigenvalue weighted by Gasteiger charge is -2.04. The molecule has 0 saturated carbocycles. The molecule has 16 heavy (non-hydrogen) atoms. The van der Waals surface area contributed by atoms with Crippen molar-refractivity contribution >= 4 is 5.91 Å². The van der Waals surface area contributed by atoms with Crippen molar-refractivity contribution in [2.24, 2.45) is 12.8 Å². The normalized spacial score (nSPS) is 10.3. The molecule has 0 spiro atoms. The van der Waals surface area contributed by atoms with Crippen molar-refractivity contribution in [2.45, 2.75) is 6.42 Å². The van der Waals surface area contributed by atoms with Crippen LogP contribution in [-0.2, 0) is 13.5 Å². The fourth-order valence-corrected chi connectivity index (χ4v) is 1.67. The summed E-state index contributed by atoms with van der Waals surface area (Å²) in [6.45, 7) is 0. The average molecular weight is 215 g/mol. The molecular weight excluding hydrogens is 202 g/mol. The van der Waals surface area contributed by atoms with E-state index in [1.807, 2.05) is 37.5 Å². The first kappa shape index (κ1) is 10.4. The van der Waals surface area contributed by atoms with Gasteiger partial charge in [-0.3, -0.25) is 9.48 Å². The smallest absolute Gasteiger partial charge is 0.248 e. The van der Waals surface area contributed by atoms with Gasteiger partial charge in [0, 0.05) is 25.2 Å². The summed E-state index contributed by atoms with van der Waals surface area (Å²) in [5, 5.41) is 4.27. The Morgan fingerprint density at radius 3 is 2.75 bits per heavy atom. The molecule has 2 rings (SSSR count). The monoisotopic (exact) mass is 215 g/mol. The van der Waals surface area contributed by atoms with E-state index in [2.05, 4.69) is 5.10 Å². The summed E-state index contributed by atoms with van der Waals surface area (Å²) in [4.78, 5) is 11.2. The van der Waals surface area contributed by atoms with Crippen LogP contribution in [0, 0.1) is 0 Å². The number of benzene rings is 1. The molecule has 1 heterocycles. The highest BCUT2D eigenvalue weighted by Gasteiger charge is 2.08. The van der Waals surface area contributed by atoms with Crippen LogP contribution < -0.4 is 5.73 Å². The summed E-state index contributed by atoms with van der Waals surface area (Å²) in [6.07, 6.45) is 2.50. The zero-order chi connectivity index (χ0) is 11.5. The lowest BCUT2D eigenvalue weighted by atomic mass is 10.0. The molecule has 1 amide bonds. The van der Waals surface area contributed by atoms with E-state index < -0.39 is 5.91 Å². The molecule has 0 saturated heterocycles. The number of amides is 1. The van der Waals surface area contributed by atoms with E-state index in [0.717, 1.165) is 11.3 Å². The Morgan fingerprint density at radius 1 is 1.38 bits per heavy atom. The van der Waals surface area contributed by atoms with Crippen molar-refractivity contribution < 1.29 is 4.79 Å². The maximum absolute atomic E-state index is 11.2. The number of aromatic nitrogens is 2. The zero-order valence-electron chi connectivity index (χ0n) is 9.05. The second kappa shape index (κ2) is 4.18. The van der Waals surface area contributed by atoms with Crippen molar-refractivity contribution in [2.75, 3.05) is 0 Å². The first-order valence-electron chi connectivity index (χ1n) is 5.03. The second-order valence-electron chi connectivity index (χ2n) is 3.68. The highest BCUT2D eigenvalue weighted by molar-refractivity contribution is 5.94. The van der Waals surface area contributed by atoms with E-state index in [1.165, 1.54) is 0 Å². The number of aryl methyl sites for hydroxylation is 1. The van der Waals surface area contributed by atoms with Gasteiger partial charge in [-0.15, -0.1) is 0 Å². The third-order valence-corrected chi connectivity index (χ3v) is 2.42. The fraction of sp³-hybridized carbons (Fsp3) is 0.167. The van der Waals surface area contributed by atoms with Gasteiger partial charge in [0.25, 0.3) is 0 Å². The van der Waals surface area contributed by atoms with Crippen LogP contribution >= 0.6 is 0 Å². The molecule has 0 radical (unpaired) electrons. The van der Waals surface area contributed by atoms with Gasteiger partial charge in [-0.05, 0) is 17.7 Å². The van der Waals surface area contributed by atoms with Crippen molar-refractivity contribution in [3.05, 3.63) is 53.3 Å². The molecular formula is C12H13N3O. The summed E-state index contributed by atoms with van der Waals surface area (Å²) in [5.74, 6) is -0.397. The summed E-state index contributed by atoms with van der Waals surface area (Å²) in [7, 11) is 1.86. The minimum Gasteiger partial charge on any atom is -0.366 e. The van der Waals surface area contributed by atoms with Crippen molar-refractivity contribution in [3.63, 3.8) is 0 Å². The number of carbonyl (C=O) groups is 1. The highest BCUT2D eigenvalue weighted by atomic mass is 16.1. The molecule has 4 heteroatoms. The Balaban J connectivity index is 2.31. The minimum absolute atomic E-state index is 0.397. The van der Waals surface area contributed by atoms with Crippen molar-refractivity contribution in [1.82, 2.24) is 9.78 Å². The summed E-state index contributed by atoms with van der Waals surface area (Å²) in [5.41, 5.74) is 7.71. The molecule has 0 aliphatic heterocycles. The predicted octanol–water partition coefficient (Wildman–Crippen LogP) is 1.11. The van der Waals surface area contributed by atoms with E-state index in [4.69, 9.17) is 5.73 Å². The average Bonchev–Trinajstić information content (AvgIpc) is 2.64. The second-order valence-corrected chi connectivity index (χ2v) is 3.68. The molecule has 0 unspecified atom stereocenters. The van der Waals surface area contributed by atoms with Crippen LogP contribution in [-0.4, -0.2) is 15.7 Å². The lowest BCUT2D eigenvalue weighted by Crippen LogP contribution is -2.13. The standard InChI is InChI=1S/C12H13N3O/c1-15-7-6-10(14-15)8-9-4-2-3-5-11(9)12(13)16/h2-7H,8H2,1H3,(H2,13,16). The van der Waals surface area contributed by atoms with Crippen LogP contribution in [0.1, 0.15) is 21.6 Å². The summed E-state index contributed by atoms with van der Waals surface area (Å²) >= 11 is 0. The first-order chi connectivity index (χ1) is 7.66. The van der Waals surface area contributed by atoms with Gasteiger partial charge in [0.15, 0.2) is 0 Å². The van der Waals surface area contributed by atoms with Gasteiger partial charge in [0.05, 0.1) is 5.69 Å². The van der Waals surface area contributed by atoms with Crippen LogP contribution in [0.3, 0.4) is 0 Å². The fourth-order valence-electron chi connectivity index (χ4n) is 1.67. The number of rotatable bonds is 3. The van der Waals surface area contributed by atoms with Gasteiger partial charge in [-0.1, -0.05) is 18.2 Å². The molecule has 0 aliphatic rings. The Hall–Kier alpha value is -2.10. The quantitative estimate of drug-likeness (QED) is 0.833. The predicted molar refractivity (Wildman–Crippen MR) is 61.0 cm³/mol. The van der Waals surface area contributed by atoms with Gasteiger partial charge >= 0.3 is 0 Å². The molecule has 0 fully saturated rings. The number of nitrogens with two attached hydrogens (primary N) is 1. The summed E-state index contributed by atoms with van der Waals surface area (Å²) in [6, 6.07) is 9.26. The SMILES string of the molecule is Cn1ccc(Cc2ccccc2C(N)=O)n1. The molecule has 2 N–H and O–H groups in total. The third-order valence-electron chi connectivity index (χ3n) is 2.42. The molecule has 4 nitrogen and oxygen atoms in total. The van der Waals surface area contributed by atoms with E-state index in [9.17, 15) is 4.79 Å². The largest absolute Gasteiger partial charge is 0.366 e. The van der Waals surface area contributed by atoms with Crippen LogP contribution in [0.25, 0.3) is 0 Å². The molecule has 0 bridgehead atoms. The van der Waals surface area contributed by atoms with Gasteiger partial charge in [0.2, 0.25) is 5.91 Å². The van der Waals surface area contributed by atoms with Gasteiger partial charge in [-0.25, -0.2) is 0 Å². The Morgan fingerprint density at radius 2 is 2.12 bits per heavy atom. The molecule has 1 aromatic carbocycles. The van der Waals surface area contributed by atoms with Crippen LogP contribution in [0.2, 0.25) is 0 Å². The number of primary amides is 1. The first-order valence-corrected chi connectivity index (χ1v) is 5.03. The summed E-state index contributed by atoms with van der Waals surface area (Å²) < 4.78 is 1.74. The molecule has 1 aromatic heterocycles. The van der Waals surface area contributed by atoms with Gasteiger partial charge < -0.3 is 5.73 Å². The number of carbonyl (C=O) groups excluding carboxylic acids is 1. The molecule has 0 atom stereocenters. The lowest BCUT2D eigenvalue weighted by molar-refractivity contribution is 0.0999. The molecule has 2 aromatic rings. The Labute approximate surface area is 93.7 Å². The maximum Gasteiger partial charge on any atom is 0.248 e. The van der Waals surface area contributed by atoms with Crippen LogP contribution in [0.4, 0.5) is 0 Å². The van der Waals surface area contributed by atoms with E-state index >= 15 is 0 Å². The molecule has 82 valence electrons. The highest BCUT2D eigenvalue weighted by Crippen LogP contribution is 2.12. The topological polar surface area (TPSA) is 60.9 Å². The van der Waals surface area contributed by atoms with Gasteiger partial charge in [-0.2, -0.15) is 5.10 Å².